The first-order valence-electron chi connectivity index (χ1n) is 5.12. The van der Waals surface area contributed by atoms with Gasteiger partial charge in [-0.2, -0.15) is 0 Å². The van der Waals surface area contributed by atoms with Crippen LogP contribution >= 0.6 is 11.5 Å². The fourth-order valence-electron chi connectivity index (χ4n) is 1.72. The minimum absolute atomic E-state index is 0.171. The third-order valence-corrected chi connectivity index (χ3v) is 3.12. The van der Waals surface area contributed by atoms with Crippen molar-refractivity contribution < 1.29 is 9.53 Å². The molecule has 17 heavy (non-hydrogen) atoms. The summed E-state index contributed by atoms with van der Waals surface area (Å²) in [5, 5.41) is 5.57. The molecule has 1 amide bonds. The number of hydrogen-bond acceptors (Lipinski definition) is 5. The Balaban J connectivity index is 1.59. The summed E-state index contributed by atoms with van der Waals surface area (Å²) >= 11 is 1.24. The highest BCUT2D eigenvalue weighted by molar-refractivity contribution is 7.03. The molecule has 0 unspecified atom stereocenters. The van der Waals surface area contributed by atoms with E-state index in [2.05, 4.69) is 9.59 Å². The Kier molecular flexibility index (Phi) is 2.49. The molecule has 0 fully saturated rings. The van der Waals surface area contributed by atoms with Gasteiger partial charge in [-0.1, -0.05) is 22.7 Å². The number of nitrogens with zero attached hydrogens (tertiary/aromatic N) is 3. The van der Waals surface area contributed by atoms with Crippen molar-refractivity contribution >= 4 is 17.6 Å². The lowest BCUT2D eigenvalue weighted by Crippen LogP contribution is -2.25. The van der Waals surface area contributed by atoms with Crippen molar-refractivity contribution in [3.05, 3.63) is 46.6 Å². The first kappa shape index (κ1) is 10.2. The van der Waals surface area contributed by atoms with Crippen molar-refractivity contribution in [2.24, 2.45) is 0 Å². The minimum Gasteiger partial charge on any atom is -0.443 e. The molecule has 6 heteroatoms. The van der Waals surface area contributed by atoms with Gasteiger partial charge < -0.3 is 4.74 Å². The Morgan fingerprint density at radius 2 is 2.53 bits per heavy atom. The van der Waals surface area contributed by atoms with Gasteiger partial charge in [-0.3, -0.25) is 4.90 Å². The largest absolute Gasteiger partial charge is 0.443 e. The highest BCUT2D eigenvalue weighted by Crippen LogP contribution is 2.26. The Hall–Kier alpha value is -1.95. The second-order valence-corrected chi connectivity index (χ2v) is 4.32. The molecular formula is C11H9N3O2S. The highest BCUT2D eigenvalue weighted by atomic mass is 32.1. The summed E-state index contributed by atoms with van der Waals surface area (Å²) < 4.78 is 8.83. The quantitative estimate of drug-likeness (QED) is 0.800. The number of fused-ring (bicyclic) bond motifs is 1. The molecule has 1 aromatic heterocycles. The SMILES string of the molecule is O=C(OCc1csnn1)N1C=C2C=CC=C2C1. The lowest BCUT2D eigenvalue weighted by molar-refractivity contribution is 0.113. The summed E-state index contributed by atoms with van der Waals surface area (Å²) in [7, 11) is 0. The fourth-order valence-corrected chi connectivity index (χ4v) is 2.16. The van der Waals surface area contributed by atoms with Gasteiger partial charge in [-0.25, -0.2) is 4.79 Å². The van der Waals surface area contributed by atoms with Crippen LogP contribution in [0.3, 0.4) is 0 Å². The van der Waals surface area contributed by atoms with Crippen LogP contribution < -0.4 is 0 Å². The Morgan fingerprint density at radius 1 is 1.59 bits per heavy atom. The maximum atomic E-state index is 11.7. The molecule has 0 N–H and O–H groups in total. The smallest absolute Gasteiger partial charge is 0.414 e. The van der Waals surface area contributed by atoms with Crippen LogP contribution in [0.15, 0.2) is 41.0 Å². The topological polar surface area (TPSA) is 55.3 Å². The van der Waals surface area contributed by atoms with Crippen molar-refractivity contribution in [2.45, 2.75) is 6.61 Å². The van der Waals surface area contributed by atoms with E-state index >= 15 is 0 Å². The number of allylic oxidation sites excluding steroid dienone is 3. The zero-order valence-corrected chi connectivity index (χ0v) is 9.68. The van der Waals surface area contributed by atoms with E-state index in [9.17, 15) is 4.79 Å². The third-order valence-electron chi connectivity index (χ3n) is 2.56. The standard InChI is InChI=1S/C11H9N3O2S/c15-11(16-6-10-7-17-13-12-10)14-4-8-2-1-3-9(8)5-14/h1-4,7H,5-6H2. The maximum absolute atomic E-state index is 11.7. The van der Waals surface area contributed by atoms with Crippen molar-refractivity contribution in [3.8, 4) is 0 Å². The van der Waals surface area contributed by atoms with Crippen LogP contribution in [0.4, 0.5) is 4.79 Å². The van der Waals surface area contributed by atoms with Gasteiger partial charge in [-0.15, -0.1) is 5.10 Å². The van der Waals surface area contributed by atoms with E-state index in [-0.39, 0.29) is 12.7 Å². The number of carbonyl (C=O) groups excluding carboxylic acids is 1. The summed E-state index contributed by atoms with van der Waals surface area (Å²) in [6.07, 6.45) is 7.41. The molecule has 2 heterocycles. The molecule has 0 saturated heterocycles. The maximum Gasteiger partial charge on any atom is 0.414 e. The zero-order valence-electron chi connectivity index (χ0n) is 8.87. The monoisotopic (exact) mass is 247 g/mol. The molecular weight excluding hydrogens is 238 g/mol. The molecule has 3 rings (SSSR count). The molecule has 0 spiro atoms. The summed E-state index contributed by atoms with van der Waals surface area (Å²) in [6.45, 7) is 0.750. The number of rotatable bonds is 2. The van der Waals surface area contributed by atoms with Crippen molar-refractivity contribution in [2.75, 3.05) is 6.54 Å². The number of carbonyl (C=O) groups is 1. The molecule has 0 saturated carbocycles. The Labute approximate surface area is 102 Å². The van der Waals surface area contributed by atoms with E-state index in [1.165, 1.54) is 11.5 Å². The number of ether oxygens (including phenoxy) is 1. The second-order valence-electron chi connectivity index (χ2n) is 3.71. The molecule has 1 aliphatic heterocycles. The average Bonchev–Trinajstić information content (AvgIpc) is 3.01. The molecule has 0 aromatic carbocycles. The van der Waals surface area contributed by atoms with E-state index in [0.29, 0.717) is 12.2 Å². The second kappa shape index (κ2) is 4.14. The van der Waals surface area contributed by atoms with Crippen LogP contribution in [-0.2, 0) is 11.3 Å². The lowest BCUT2D eigenvalue weighted by atomic mass is 10.2. The van der Waals surface area contributed by atoms with Gasteiger partial charge in [0.05, 0.1) is 6.54 Å². The zero-order chi connectivity index (χ0) is 11.7. The van der Waals surface area contributed by atoms with Crippen molar-refractivity contribution in [1.29, 1.82) is 0 Å². The van der Waals surface area contributed by atoms with E-state index in [4.69, 9.17) is 4.74 Å². The molecule has 2 aliphatic rings. The van der Waals surface area contributed by atoms with Gasteiger partial charge >= 0.3 is 6.09 Å². The normalized spacial score (nSPS) is 16.8. The average molecular weight is 247 g/mol. The van der Waals surface area contributed by atoms with E-state index < -0.39 is 0 Å². The molecule has 86 valence electrons. The van der Waals surface area contributed by atoms with Crippen LogP contribution in [0.2, 0.25) is 0 Å². The Bertz CT molecular complexity index is 531. The molecule has 1 aliphatic carbocycles. The van der Waals surface area contributed by atoms with Gasteiger partial charge in [0.1, 0.15) is 12.3 Å². The van der Waals surface area contributed by atoms with E-state index in [1.54, 1.807) is 16.5 Å². The Morgan fingerprint density at radius 3 is 3.29 bits per heavy atom. The number of aromatic nitrogens is 2. The molecule has 1 aromatic rings. The summed E-state index contributed by atoms with van der Waals surface area (Å²) in [5.41, 5.74) is 2.91. The molecule has 0 radical (unpaired) electrons. The predicted molar refractivity (Wildman–Crippen MR) is 62.1 cm³/mol. The number of amides is 1. The van der Waals surface area contributed by atoms with Gasteiger partial charge in [-0.05, 0) is 22.7 Å². The summed E-state index contributed by atoms with van der Waals surface area (Å²) in [5.74, 6) is 0. The lowest BCUT2D eigenvalue weighted by Gasteiger charge is -2.12. The summed E-state index contributed by atoms with van der Waals surface area (Å²) in [4.78, 5) is 13.3. The molecule has 0 bridgehead atoms. The van der Waals surface area contributed by atoms with Gasteiger partial charge in [0.15, 0.2) is 0 Å². The minimum atomic E-state index is -0.353. The highest BCUT2D eigenvalue weighted by Gasteiger charge is 2.24. The summed E-state index contributed by atoms with van der Waals surface area (Å²) in [6, 6.07) is 0. The predicted octanol–water partition coefficient (Wildman–Crippen LogP) is 1.87. The van der Waals surface area contributed by atoms with Crippen LogP contribution in [-0.4, -0.2) is 27.1 Å². The first-order chi connectivity index (χ1) is 8.33. The molecule has 5 nitrogen and oxygen atoms in total. The van der Waals surface area contributed by atoms with Gasteiger partial charge in [0.25, 0.3) is 0 Å². The van der Waals surface area contributed by atoms with Crippen molar-refractivity contribution in [1.82, 2.24) is 14.5 Å². The van der Waals surface area contributed by atoms with Crippen LogP contribution in [0.1, 0.15) is 5.69 Å². The van der Waals surface area contributed by atoms with Crippen LogP contribution in [0.25, 0.3) is 0 Å². The van der Waals surface area contributed by atoms with Crippen molar-refractivity contribution in [3.63, 3.8) is 0 Å². The fraction of sp³-hybridized carbons (Fsp3) is 0.182. The van der Waals surface area contributed by atoms with Gasteiger partial charge in [0, 0.05) is 11.6 Å². The third kappa shape index (κ3) is 1.99. The molecule has 0 atom stereocenters. The van der Waals surface area contributed by atoms with E-state index in [1.807, 2.05) is 18.2 Å². The van der Waals surface area contributed by atoms with Gasteiger partial charge in [0.2, 0.25) is 0 Å². The van der Waals surface area contributed by atoms with Crippen LogP contribution in [0.5, 0.6) is 0 Å². The van der Waals surface area contributed by atoms with Crippen LogP contribution in [0, 0.1) is 0 Å². The number of hydrogen-bond donors (Lipinski definition) is 0. The first-order valence-corrected chi connectivity index (χ1v) is 5.95. The van der Waals surface area contributed by atoms with E-state index in [0.717, 1.165) is 11.1 Å².